The maximum atomic E-state index is 7.71. The Morgan fingerprint density at radius 3 is 2.77 bits per heavy atom. The van der Waals surface area contributed by atoms with Gasteiger partial charge in [0.2, 0.25) is 0 Å². The van der Waals surface area contributed by atoms with Crippen LogP contribution in [0.3, 0.4) is 0 Å². The van der Waals surface area contributed by atoms with Crippen molar-refractivity contribution in [2.75, 3.05) is 37.8 Å². The van der Waals surface area contributed by atoms with E-state index >= 15 is 0 Å². The van der Waals surface area contributed by atoms with E-state index in [0.29, 0.717) is 43.4 Å². The Hall–Kier alpha value is -2.90. The fraction of sp³-hybridized carbons (Fsp3) is 0.263. The predicted molar refractivity (Wildman–Crippen MR) is 104 cm³/mol. The third kappa shape index (κ3) is 4.38. The summed E-state index contributed by atoms with van der Waals surface area (Å²) in [6.07, 6.45) is 4.74. The summed E-state index contributed by atoms with van der Waals surface area (Å²) >= 11 is 0. The minimum Gasteiger partial charge on any atom is -0.399 e. The average Bonchev–Trinajstić information content (AvgIpc) is 2.68. The lowest BCUT2D eigenvalue weighted by Gasteiger charge is -2.22. The number of pyridine rings is 1. The van der Waals surface area contributed by atoms with Gasteiger partial charge in [-0.1, -0.05) is 12.1 Å². The van der Waals surface area contributed by atoms with Gasteiger partial charge in [-0.2, -0.15) is 0 Å². The van der Waals surface area contributed by atoms with Crippen molar-refractivity contribution in [2.45, 2.75) is 6.10 Å². The molecule has 7 nitrogen and oxygen atoms in total. The Labute approximate surface area is 152 Å². The van der Waals surface area contributed by atoms with Crippen molar-refractivity contribution in [3.8, 4) is 11.1 Å². The van der Waals surface area contributed by atoms with Gasteiger partial charge < -0.3 is 31.7 Å². The van der Waals surface area contributed by atoms with Crippen molar-refractivity contribution in [2.24, 2.45) is 0 Å². The molecule has 1 aromatic carbocycles. The second kappa shape index (κ2) is 8.46. The first-order valence-electron chi connectivity index (χ1n) is 8.42. The van der Waals surface area contributed by atoms with Gasteiger partial charge in [0.1, 0.15) is 5.82 Å². The minimum atomic E-state index is 0.0156. The van der Waals surface area contributed by atoms with Crippen LogP contribution in [0.4, 0.5) is 11.5 Å². The van der Waals surface area contributed by atoms with Crippen molar-refractivity contribution >= 4 is 23.3 Å². The zero-order chi connectivity index (χ0) is 18.4. The highest BCUT2D eigenvalue weighted by Gasteiger charge is 2.13. The summed E-state index contributed by atoms with van der Waals surface area (Å²) < 4.78 is 11.0. The van der Waals surface area contributed by atoms with Gasteiger partial charge in [0.15, 0.2) is 0 Å². The molecule has 1 aliphatic heterocycles. The van der Waals surface area contributed by atoms with E-state index in [1.165, 1.54) is 6.21 Å². The van der Waals surface area contributed by atoms with E-state index in [1.54, 1.807) is 12.4 Å². The number of anilines is 2. The molecular weight excluding hydrogens is 330 g/mol. The number of nitrogen functional groups attached to an aromatic ring is 2. The second-order valence-corrected chi connectivity index (χ2v) is 6.00. The van der Waals surface area contributed by atoms with Gasteiger partial charge in [-0.05, 0) is 23.8 Å². The van der Waals surface area contributed by atoms with E-state index in [2.05, 4.69) is 10.3 Å². The standard InChI is InChI=1S/C19H23N5O2/c20-8-15(9-23-11-17-12-25-5-6-26-17)14-7-18(19(22)24-10-14)13-1-3-16(21)4-2-13/h1-4,7-10,17,20,23H,5-6,11-12,21H2,(H2,22,24)/b15-9+,20-8?/t17-/m0/s1. The number of nitrogens with two attached hydrogens (primary N) is 2. The monoisotopic (exact) mass is 353 g/mol. The molecule has 1 aliphatic rings. The van der Waals surface area contributed by atoms with Crippen LogP contribution in [0.1, 0.15) is 5.56 Å². The molecule has 136 valence electrons. The Bertz CT molecular complexity index is 783. The number of nitrogens with zero attached hydrogens (tertiary/aromatic N) is 1. The molecule has 0 spiro atoms. The summed E-state index contributed by atoms with van der Waals surface area (Å²) in [7, 11) is 0. The Morgan fingerprint density at radius 1 is 1.27 bits per heavy atom. The SMILES string of the molecule is N=C/C(=C\NC[C@H]1COCCO1)c1cnc(N)c(-c2ccc(N)cc2)c1. The normalized spacial score (nSPS) is 17.7. The smallest absolute Gasteiger partial charge is 0.131 e. The van der Waals surface area contributed by atoms with Gasteiger partial charge in [0.05, 0.1) is 25.9 Å². The fourth-order valence-corrected chi connectivity index (χ4v) is 2.69. The number of rotatable bonds is 6. The molecule has 7 heteroatoms. The second-order valence-electron chi connectivity index (χ2n) is 6.00. The van der Waals surface area contributed by atoms with Crippen LogP contribution in [0.5, 0.6) is 0 Å². The van der Waals surface area contributed by atoms with E-state index in [9.17, 15) is 0 Å². The highest BCUT2D eigenvalue weighted by atomic mass is 16.6. The van der Waals surface area contributed by atoms with Crippen LogP contribution in [0, 0.1) is 5.41 Å². The predicted octanol–water partition coefficient (Wildman–Crippen LogP) is 1.91. The quantitative estimate of drug-likeness (QED) is 0.465. The molecule has 0 bridgehead atoms. The van der Waals surface area contributed by atoms with E-state index in [-0.39, 0.29) is 6.10 Å². The summed E-state index contributed by atoms with van der Waals surface area (Å²) in [5.74, 6) is 0.434. The highest BCUT2D eigenvalue weighted by molar-refractivity contribution is 6.08. The molecule has 2 aromatic rings. The van der Waals surface area contributed by atoms with Crippen LogP contribution in [0.15, 0.2) is 42.7 Å². The molecule has 3 rings (SSSR count). The maximum Gasteiger partial charge on any atom is 0.131 e. The minimum absolute atomic E-state index is 0.0156. The molecule has 1 aromatic heterocycles. The van der Waals surface area contributed by atoms with Crippen LogP contribution in [-0.4, -0.2) is 43.7 Å². The molecule has 0 unspecified atom stereocenters. The number of nitrogens with one attached hydrogen (secondary N) is 2. The topological polar surface area (TPSA) is 119 Å². The van der Waals surface area contributed by atoms with Crippen molar-refractivity contribution in [1.29, 1.82) is 5.41 Å². The number of hydrogen-bond acceptors (Lipinski definition) is 7. The Balaban J connectivity index is 1.77. The molecule has 0 radical (unpaired) electrons. The van der Waals surface area contributed by atoms with E-state index in [1.807, 2.05) is 30.3 Å². The molecule has 0 amide bonds. The molecule has 6 N–H and O–H groups in total. The van der Waals surface area contributed by atoms with Crippen molar-refractivity contribution in [3.63, 3.8) is 0 Å². The number of allylic oxidation sites excluding steroid dienone is 1. The summed E-state index contributed by atoms with van der Waals surface area (Å²) in [6.45, 7) is 2.44. The first-order chi connectivity index (χ1) is 12.7. The number of hydrogen-bond donors (Lipinski definition) is 4. The molecule has 0 saturated carbocycles. The first kappa shape index (κ1) is 17.9. The number of aromatic nitrogens is 1. The van der Waals surface area contributed by atoms with Crippen LogP contribution in [-0.2, 0) is 9.47 Å². The van der Waals surface area contributed by atoms with Crippen molar-refractivity contribution in [3.05, 3.63) is 48.3 Å². The van der Waals surface area contributed by atoms with Gasteiger partial charge >= 0.3 is 0 Å². The van der Waals surface area contributed by atoms with E-state index in [4.69, 9.17) is 26.4 Å². The van der Waals surface area contributed by atoms with Gasteiger partial charge in [-0.15, -0.1) is 0 Å². The van der Waals surface area contributed by atoms with Gasteiger partial charge in [0, 0.05) is 47.5 Å². The molecule has 0 aliphatic carbocycles. The molecule has 1 fully saturated rings. The average molecular weight is 353 g/mol. The van der Waals surface area contributed by atoms with Gasteiger partial charge in [0.25, 0.3) is 0 Å². The zero-order valence-electron chi connectivity index (χ0n) is 14.4. The van der Waals surface area contributed by atoms with E-state index in [0.717, 1.165) is 16.7 Å². The lowest BCUT2D eigenvalue weighted by Crippen LogP contribution is -2.35. The van der Waals surface area contributed by atoms with Crippen LogP contribution >= 0.6 is 0 Å². The van der Waals surface area contributed by atoms with Crippen molar-refractivity contribution in [1.82, 2.24) is 10.3 Å². The third-order valence-electron chi connectivity index (χ3n) is 4.12. The summed E-state index contributed by atoms with van der Waals surface area (Å²) in [4.78, 5) is 4.27. The van der Waals surface area contributed by atoms with Crippen LogP contribution in [0.25, 0.3) is 16.7 Å². The largest absolute Gasteiger partial charge is 0.399 e. The van der Waals surface area contributed by atoms with Gasteiger partial charge in [-0.25, -0.2) is 4.98 Å². The first-order valence-corrected chi connectivity index (χ1v) is 8.42. The lowest BCUT2D eigenvalue weighted by atomic mass is 10.0. The summed E-state index contributed by atoms with van der Waals surface area (Å²) in [5, 5.41) is 10.9. The maximum absolute atomic E-state index is 7.71. The Morgan fingerprint density at radius 2 is 2.08 bits per heavy atom. The number of benzene rings is 1. The highest BCUT2D eigenvalue weighted by Crippen LogP contribution is 2.27. The molecule has 1 saturated heterocycles. The lowest BCUT2D eigenvalue weighted by molar-refractivity contribution is -0.0853. The number of ether oxygens (including phenoxy) is 2. The fourth-order valence-electron chi connectivity index (χ4n) is 2.69. The third-order valence-corrected chi connectivity index (χ3v) is 4.12. The molecule has 26 heavy (non-hydrogen) atoms. The molecule has 2 heterocycles. The van der Waals surface area contributed by atoms with Crippen LogP contribution in [0.2, 0.25) is 0 Å². The van der Waals surface area contributed by atoms with Gasteiger partial charge in [-0.3, -0.25) is 0 Å². The summed E-state index contributed by atoms with van der Waals surface area (Å²) in [6, 6.07) is 9.37. The van der Waals surface area contributed by atoms with Crippen molar-refractivity contribution < 1.29 is 9.47 Å². The van der Waals surface area contributed by atoms with E-state index < -0.39 is 0 Å². The molecular formula is C19H23N5O2. The van der Waals surface area contributed by atoms with Crippen LogP contribution < -0.4 is 16.8 Å². The summed E-state index contributed by atoms with van der Waals surface area (Å²) in [5.41, 5.74) is 15.7. The zero-order valence-corrected chi connectivity index (χ0v) is 14.4. The Kier molecular flexibility index (Phi) is 5.83. The molecule has 1 atom stereocenters.